The molecule has 0 heterocycles. The largest absolute Gasteiger partial charge is 0.310 e. The summed E-state index contributed by atoms with van der Waals surface area (Å²) < 4.78 is 0. The van der Waals surface area contributed by atoms with E-state index < -0.39 is 10.8 Å². The van der Waals surface area contributed by atoms with Crippen molar-refractivity contribution in [3.8, 4) is 100 Å². The number of nitrogens with zero attached hydrogens (tertiary/aromatic N) is 2. The molecule has 0 aromatic heterocycles. The van der Waals surface area contributed by atoms with Crippen molar-refractivity contribution in [2.24, 2.45) is 0 Å². The van der Waals surface area contributed by atoms with Crippen LogP contribution >= 0.6 is 0 Å². The molecule has 0 atom stereocenters. The number of anilines is 6. The molecule has 0 saturated carbocycles. The predicted octanol–water partition coefficient (Wildman–Crippen LogP) is 38.3. The molecule has 27 aromatic rings. The fourth-order valence-electron chi connectivity index (χ4n) is 26.6. The SMILES string of the molecule is c1ccc(N(c2ccc3c4cc(-c5ccc6cc(-c7ccc(-c8cc9c(cc8N(c8ccc%10ccccc%10c8)c8ccc%10c%11ccccc%11c%11ccccc%11c%10c8)C8(c%10ccccc%10-c%10ccccc%108)c8ccccc8-9)cc7)c7ccccc7c6c5)ccc4c4ccccc4c3c2)c2cc3c(cc2-c2ccc(-c4cc5ccccc5c5ccccc45)cc2)-c2ccccc2C32c3ccccc3-c3ccccc32)cc1. The van der Waals surface area contributed by atoms with Gasteiger partial charge in [-0.05, 0) is 349 Å². The zero-order valence-electron chi connectivity index (χ0n) is 78.5. The molecule has 0 aliphatic heterocycles. The summed E-state index contributed by atoms with van der Waals surface area (Å²) in [5.74, 6) is 0. The Morgan fingerprint density at radius 2 is 0.375 bits per heavy atom. The van der Waals surface area contributed by atoms with Crippen molar-refractivity contribution in [1.29, 1.82) is 0 Å². The molecule has 144 heavy (non-hydrogen) atoms. The summed E-state index contributed by atoms with van der Waals surface area (Å²) in [6, 6.07) is 199. The maximum Gasteiger partial charge on any atom is 0.0726 e. The van der Waals surface area contributed by atoms with Gasteiger partial charge < -0.3 is 9.80 Å². The van der Waals surface area contributed by atoms with Gasteiger partial charge in [-0.1, -0.05) is 425 Å². The van der Waals surface area contributed by atoms with Gasteiger partial charge in [-0.3, -0.25) is 0 Å². The molecule has 4 aliphatic carbocycles. The molecular formula is C142H86N2. The fourth-order valence-corrected chi connectivity index (χ4v) is 26.6. The minimum Gasteiger partial charge on any atom is -0.310 e. The van der Waals surface area contributed by atoms with Crippen LogP contribution in [0.25, 0.3) is 219 Å². The Hall–Kier alpha value is -18.6. The lowest BCUT2D eigenvalue weighted by atomic mass is 9.70. The minimum atomic E-state index is -0.593. The van der Waals surface area contributed by atoms with Crippen LogP contribution in [-0.4, -0.2) is 0 Å². The van der Waals surface area contributed by atoms with Crippen molar-refractivity contribution in [2.75, 3.05) is 9.80 Å². The third-order valence-electron chi connectivity index (χ3n) is 32.8. The van der Waals surface area contributed by atoms with E-state index in [0.717, 1.165) is 67.5 Å². The lowest BCUT2D eigenvalue weighted by Crippen LogP contribution is -2.26. The summed E-state index contributed by atoms with van der Waals surface area (Å²) in [6.07, 6.45) is 0. The van der Waals surface area contributed by atoms with Crippen LogP contribution in [0.15, 0.2) is 522 Å². The molecule has 0 N–H and O–H groups in total. The first-order chi connectivity index (χ1) is 71.4. The summed E-state index contributed by atoms with van der Waals surface area (Å²) >= 11 is 0. The molecule has 27 aromatic carbocycles. The topological polar surface area (TPSA) is 6.48 Å². The molecule has 0 fully saturated rings. The Morgan fingerprint density at radius 1 is 0.111 bits per heavy atom. The number of para-hydroxylation sites is 1. The second-order valence-electron chi connectivity index (χ2n) is 39.7. The van der Waals surface area contributed by atoms with Gasteiger partial charge in [0.2, 0.25) is 0 Å². The summed E-state index contributed by atoms with van der Waals surface area (Å²) in [6.45, 7) is 0. The van der Waals surface area contributed by atoms with Gasteiger partial charge in [0.25, 0.3) is 0 Å². The first-order valence-electron chi connectivity index (χ1n) is 50.3. The Balaban J connectivity index is 0.553. The summed E-state index contributed by atoms with van der Waals surface area (Å²) in [5, 5.41) is 26.9. The molecule has 2 nitrogen and oxygen atoms in total. The highest BCUT2D eigenvalue weighted by atomic mass is 15.2. The van der Waals surface area contributed by atoms with E-state index in [9.17, 15) is 0 Å². The first kappa shape index (κ1) is 80.4. The van der Waals surface area contributed by atoms with E-state index in [1.807, 2.05) is 0 Å². The molecule has 0 saturated heterocycles. The molecule has 4 aliphatic rings. The van der Waals surface area contributed by atoms with Gasteiger partial charge >= 0.3 is 0 Å². The van der Waals surface area contributed by atoms with Crippen molar-refractivity contribution in [2.45, 2.75) is 10.8 Å². The first-order valence-corrected chi connectivity index (χ1v) is 50.3. The molecule has 2 spiro atoms. The van der Waals surface area contributed by atoms with Crippen molar-refractivity contribution in [3.05, 3.63) is 566 Å². The quantitative estimate of drug-likeness (QED) is 0.119. The van der Waals surface area contributed by atoms with Gasteiger partial charge in [0.1, 0.15) is 0 Å². The van der Waals surface area contributed by atoms with Gasteiger partial charge in [0.05, 0.1) is 22.2 Å². The second kappa shape index (κ2) is 30.9. The van der Waals surface area contributed by atoms with Crippen LogP contribution in [0.2, 0.25) is 0 Å². The summed E-state index contributed by atoms with van der Waals surface area (Å²) in [4.78, 5) is 5.13. The highest BCUT2D eigenvalue weighted by molar-refractivity contribution is 6.29. The van der Waals surface area contributed by atoms with E-state index in [2.05, 4.69) is 532 Å². The summed E-state index contributed by atoms with van der Waals surface area (Å²) in [5.41, 5.74) is 37.5. The maximum absolute atomic E-state index is 2.60. The van der Waals surface area contributed by atoms with Crippen molar-refractivity contribution in [1.82, 2.24) is 0 Å². The third kappa shape index (κ3) is 11.5. The van der Waals surface area contributed by atoms with E-state index >= 15 is 0 Å². The van der Waals surface area contributed by atoms with Gasteiger partial charge in [-0.15, -0.1) is 0 Å². The molecule has 0 amide bonds. The molecule has 0 radical (unpaired) electrons. The molecule has 664 valence electrons. The van der Waals surface area contributed by atoms with Gasteiger partial charge in [-0.25, -0.2) is 0 Å². The van der Waals surface area contributed by atoms with Gasteiger partial charge in [-0.2, -0.15) is 0 Å². The molecule has 2 heteroatoms. The average molecular weight is 1820 g/mol. The lowest BCUT2D eigenvalue weighted by Gasteiger charge is -2.33. The zero-order valence-corrected chi connectivity index (χ0v) is 78.5. The Bertz CT molecular complexity index is 10100. The van der Waals surface area contributed by atoms with Gasteiger partial charge in [0.15, 0.2) is 0 Å². The number of rotatable bonds is 11. The average Bonchev–Trinajstić information content (AvgIpc) is 1.51. The fraction of sp³-hybridized carbons (Fsp3) is 0.0141. The van der Waals surface area contributed by atoms with Crippen molar-refractivity contribution in [3.63, 3.8) is 0 Å². The van der Waals surface area contributed by atoms with Crippen LogP contribution in [0.4, 0.5) is 34.1 Å². The van der Waals surface area contributed by atoms with Crippen LogP contribution in [0, 0.1) is 0 Å². The van der Waals surface area contributed by atoms with Gasteiger partial charge in [0, 0.05) is 33.9 Å². The maximum atomic E-state index is 2.60. The van der Waals surface area contributed by atoms with E-state index in [1.54, 1.807) is 0 Å². The number of benzene rings is 27. The zero-order chi connectivity index (χ0) is 94.1. The molecule has 31 rings (SSSR count). The van der Waals surface area contributed by atoms with E-state index in [4.69, 9.17) is 0 Å². The van der Waals surface area contributed by atoms with Crippen LogP contribution in [-0.2, 0) is 10.8 Å². The molecule has 0 bridgehead atoms. The number of fused-ring (bicyclic) bond motifs is 39. The lowest BCUT2D eigenvalue weighted by molar-refractivity contribution is 0.794. The standard InChI is InChI=1S/C142H86N2/c1-2-33-97(34-3-1)143(139-85-137-129(119-50-22-28-56-135(119)141(137)131-52-24-18-46-115(131)116-47-19-25-53-132(116)141)83-124(139)90-62-58-88(59-63-90)121-79-95-32-6-7-35-101(95)102-36-8-13-41-107(102)121)99-72-75-114-126-78-94(69-73-112(126)106-40-12-17-45-111(106)128(114)81-99)93-66-67-96-80-122(108-42-14-15-43-109(108)123(96)77-93)89-60-64-91(65-61-89)125-84-130-120-51-23-29-57-136(120)142(133-54-26-20-48-117(133)118-49-21-27-55-134(118)142)138(130)86-140(125)144(98-70-68-87-30-4-5-31-92(87)76-98)100-71-74-113-105-39-10-9-37-103(105)104-38-11-16-44-110(104)127(113)82-100/h1-86H. The second-order valence-corrected chi connectivity index (χ2v) is 39.7. The van der Waals surface area contributed by atoms with Crippen LogP contribution < -0.4 is 9.80 Å². The minimum absolute atomic E-state index is 0.587. The van der Waals surface area contributed by atoms with Crippen molar-refractivity contribution >= 4 is 153 Å². The number of hydrogen-bond acceptors (Lipinski definition) is 2. The predicted molar refractivity (Wildman–Crippen MR) is 608 cm³/mol. The smallest absolute Gasteiger partial charge is 0.0726 e. The molecular weight excluding hydrogens is 1730 g/mol. The van der Waals surface area contributed by atoms with Crippen LogP contribution in [0.3, 0.4) is 0 Å². The van der Waals surface area contributed by atoms with Crippen molar-refractivity contribution < 1.29 is 0 Å². The monoisotopic (exact) mass is 1820 g/mol. The van der Waals surface area contributed by atoms with Crippen LogP contribution in [0.1, 0.15) is 44.5 Å². The normalized spacial score (nSPS) is 13.1. The highest BCUT2D eigenvalue weighted by Crippen LogP contribution is 2.68. The Morgan fingerprint density at radius 3 is 0.812 bits per heavy atom. The number of hydrogen-bond donors (Lipinski definition) is 0. The van der Waals surface area contributed by atoms with Crippen LogP contribution in [0.5, 0.6) is 0 Å². The Kier molecular flexibility index (Phi) is 17.3. The highest BCUT2D eigenvalue weighted by Gasteiger charge is 2.54. The Labute approximate surface area is 833 Å². The molecule has 0 unspecified atom stereocenters. The van der Waals surface area contributed by atoms with E-state index in [-0.39, 0.29) is 0 Å². The van der Waals surface area contributed by atoms with E-state index in [0.29, 0.717) is 0 Å². The summed E-state index contributed by atoms with van der Waals surface area (Å²) in [7, 11) is 0. The van der Waals surface area contributed by atoms with E-state index in [1.165, 1.54) is 230 Å². The third-order valence-corrected chi connectivity index (χ3v) is 32.8.